The van der Waals surface area contributed by atoms with Gasteiger partial charge < -0.3 is 58.5 Å². The third-order valence-corrected chi connectivity index (χ3v) is 17.2. The molecule has 8 rings (SSSR count). The maximum atomic E-state index is 14.4. The molecule has 8 aliphatic rings. The summed E-state index contributed by atoms with van der Waals surface area (Å²) in [6.45, 7) is 15.7. The second-order valence-corrected chi connectivity index (χ2v) is 21.5. The quantitative estimate of drug-likeness (QED) is 0.0514. The number of ether oxygens (including phenoxy) is 6. The van der Waals surface area contributed by atoms with E-state index in [1.54, 1.807) is 0 Å². The van der Waals surface area contributed by atoms with Crippen LogP contribution in [-0.2, 0) is 47.8 Å². The van der Waals surface area contributed by atoms with Crippen molar-refractivity contribution >= 4 is 16.4 Å². The largest absolute Gasteiger partial charge is 1.00 e. The van der Waals surface area contributed by atoms with Gasteiger partial charge in [-0.1, -0.05) is 39.3 Å². The normalized spacial score (nSPS) is 52.6. The first kappa shape index (κ1) is 46.7. The van der Waals surface area contributed by atoms with Gasteiger partial charge in [-0.2, -0.15) is 0 Å². The topological polar surface area (TPSA) is 240 Å². The summed E-state index contributed by atoms with van der Waals surface area (Å²) in [4.78, 5) is 14.4. The molecule has 0 bridgehead atoms. The van der Waals surface area contributed by atoms with Gasteiger partial charge in [-0.15, -0.1) is 0 Å². The average Bonchev–Trinajstić information content (AvgIpc) is 3.75. The fourth-order valence-corrected chi connectivity index (χ4v) is 14.2. The molecule has 18 heteroatoms. The van der Waals surface area contributed by atoms with Gasteiger partial charge in [0.2, 0.25) is 10.4 Å². The van der Waals surface area contributed by atoms with Crippen molar-refractivity contribution in [1.82, 2.24) is 0 Å². The number of aliphatic hydroxyl groups is 5. The fourth-order valence-electron chi connectivity index (χ4n) is 13.7. The van der Waals surface area contributed by atoms with Crippen LogP contribution in [0.5, 0.6) is 0 Å². The molecule has 16 nitrogen and oxygen atoms in total. The van der Waals surface area contributed by atoms with E-state index in [4.69, 9.17) is 28.4 Å². The Hall–Kier alpha value is -0.320. The summed E-state index contributed by atoms with van der Waals surface area (Å²) >= 11 is 0. The Morgan fingerprint density at radius 3 is 2.15 bits per heavy atom. The first-order valence-corrected chi connectivity index (χ1v) is 22.4. The molecule has 3 saturated carbocycles. The number of fused-ring (bicyclic) bond motifs is 4. The molecule has 0 aromatic rings. The summed E-state index contributed by atoms with van der Waals surface area (Å²) in [7, 11) is -5.27. The standard InChI is InChI=1S/C41H64O16S.Na/c1-19-28(43)30(45)31(46)33(52-19)54-32-29(44)22(57-58(48,49)50)18-51-34(32)53-26-13-15-38(6)21-17-25(42)41-24(40(8,56-35(41)47)27-12-14-36(2,3)55-27)11-16-39(41,7)20(21)9-10-23(38)37(26,4)5;/h17,19-20,22-34,42-46H,9-16,18H2,1-8H3,(H,48,49,50);/q;+1/p-1/t19-,20-,22-,23?,24-,25+,26+,27-,28-,29+,30+,31-,32-,33+,34+,38-,39+,40-,41+;/m1./s1. The molecule has 0 amide bonds. The van der Waals surface area contributed by atoms with E-state index in [9.17, 15) is 43.3 Å². The Kier molecular flexibility index (Phi) is 12.2. The van der Waals surface area contributed by atoms with Crippen LogP contribution in [-0.4, -0.2) is 136 Å². The second-order valence-electron chi connectivity index (χ2n) is 20.5. The number of carbonyl (C=O) groups is 1. The van der Waals surface area contributed by atoms with Crippen LogP contribution in [0.25, 0.3) is 0 Å². The van der Waals surface area contributed by atoms with Crippen LogP contribution < -0.4 is 29.6 Å². The molecule has 4 heterocycles. The van der Waals surface area contributed by atoms with Gasteiger partial charge in [0.1, 0.15) is 47.6 Å². The van der Waals surface area contributed by atoms with Gasteiger partial charge in [0.05, 0.1) is 36.6 Å². The molecule has 0 aromatic carbocycles. The number of allylic oxidation sites excluding steroid dienone is 1. The van der Waals surface area contributed by atoms with Crippen LogP contribution in [0, 0.1) is 39.4 Å². The minimum atomic E-state index is -5.27. The number of esters is 1. The van der Waals surface area contributed by atoms with Gasteiger partial charge in [-0.3, -0.25) is 8.98 Å². The molecule has 1 spiro atoms. The minimum Gasteiger partial charge on any atom is -0.726 e. The third kappa shape index (κ3) is 7.01. The van der Waals surface area contributed by atoms with Gasteiger partial charge >= 0.3 is 35.5 Å². The Morgan fingerprint density at radius 2 is 1.51 bits per heavy atom. The molecule has 4 aliphatic carbocycles. The van der Waals surface area contributed by atoms with E-state index in [2.05, 4.69) is 45.7 Å². The monoisotopic (exact) mass is 866 g/mol. The van der Waals surface area contributed by atoms with Crippen LogP contribution in [0.15, 0.2) is 11.6 Å². The molecule has 0 radical (unpaired) electrons. The fraction of sp³-hybridized carbons (Fsp3) is 0.927. The van der Waals surface area contributed by atoms with Gasteiger partial charge in [-0.05, 0) is 107 Å². The van der Waals surface area contributed by atoms with Crippen molar-refractivity contribution in [1.29, 1.82) is 0 Å². The third-order valence-electron chi connectivity index (χ3n) is 16.7. The van der Waals surface area contributed by atoms with Crippen LogP contribution in [0.4, 0.5) is 0 Å². The summed E-state index contributed by atoms with van der Waals surface area (Å²) in [5.74, 6) is -0.451. The van der Waals surface area contributed by atoms with Crippen LogP contribution in [0.1, 0.15) is 107 Å². The van der Waals surface area contributed by atoms with Crippen LogP contribution in [0.2, 0.25) is 0 Å². The zero-order valence-electron chi connectivity index (χ0n) is 35.7. The van der Waals surface area contributed by atoms with Crippen molar-refractivity contribution in [3.8, 4) is 0 Å². The zero-order valence-corrected chi connectivity index (χ0v) is 38.6. The molecule has 4 saturated heterocycles. The van der Waals surface area contributed by atoms with E-state index in [1.165, 1.54) is 12.5 Å². The van der Waals surface area contributed by atoms with Crippen molar-refractivity contribution < 1.29 is 105 Å². The maximum Gasteiger partial charge on any atom is 1.00 e. The Bertz CT molecular complexity index is 1780. The van der Waals surface area contributed by atoms with Crippen LogP contribution in [0.3, 0.4) is 0 Å². The number of aliphatic hydroxyl groups excluding tert-OH is 5. The predicted molar refractivity (Wildman–Crippen MR) is 200 cm³/mol. The van der Waals surface area contributed by atoms with Crippen molar-refractivity contribution in [2.45, 2.75) is 192 Å². The van der Waals surface area contributed by atoms with Gasteiger partial charge in [0.15, 0.2) is 12.6 Å². The van der Waals surface area contributed by atoms with E-state index >= 15 is 0 Å². The van der Waals surface area contributed by atoms with E-state index in [0.717, 1.165) is 38.5 Å². The Balaban J connectivity index is 0.00000528. The van der Waals surface area contributed by atoms with Crippen molar-refractivity contribution in [3.63, 3.8) is 0 Å². The maximum absolute atomic E-state index is 14.4. The van der Waals surface area contributed by atoms with E-state index in [0.29, 0.717) is 12.8 Å². The molecule has 1 unspecified atom stereocenters. The zero-order chi connectivity index (χ0) is 42.3. The first-order chi connectivity index (χ1) is 26.8. The number of hydrogen-bond donors (Lipinski definition) is 5. The molecule has 0 aromatic heterocycles. The molecule has 4 aliphatic heterocycles. The molecular weight excluding hydrogens is 803 g/mol. The summed E-state index contributed by atoms with van der Waals surface area (Å²) in [6.07, 6.45) is -7.69. The van der Waals surface area contributed by atoms with Crippen molar-refractivity contribution in [2.75, 3.05) is 6.61 Å². The van der Waals surface area contributed by atoms with E-state index < -0.39 is 106 Å². The van der Waals surface area contributed by atoms with Crippen LogP contribution >= 0.6 is 0 Å². The summed E-state index contributed by atoms with van der Waals surface area (Å²) in [5, 5.41) is 55.2. The summed E-state index contributed by atoms with van der Waals surface area (Å²) < 4.78 is 76.4. The van der Waals surface area contributed by atoms with Gasteiger partial charge in [0, 0.05) is 5.92 Å². The van der Waals surface area contributed by atoms with Gasteiger partial charge in [-0.25, -0.2) is 8.42 Å². The van der Waals surface area contributed by atoms with Crippen molar-refractivity contribution in [3.05, 3.63) is 11.6 Å². The molecule has 7 fully saturated rings. The molecule has 59 heavy (non-hydrogen) atoms. The smallest absolute Gasteiger partial charge is 0.726 e. The Labute approximate surface area is 369 Å². The molecule has 5 N–H and O–H groups in total. The first-order valence-electron chi connectivity index (χ1n) is 21.1. The number of carbonyl (C=O) groups excluding carboxylic acids is 1. The summed E-state index contributed by atoms with van der Waals surface area (Å²) in [5.41, 5.74) is -2.55. The van der Waals surface area contributed by atoms with E-state index in [-0.39, 0.29) is 70.4 Å². The molecular formula is C41H63NaO16S. The number of hydrogen-bond acceptors (Lipinski definition) is 16. The molecule has 19 atom stereocenters. The number of rotatable bonds is 7. The Morgan fingerprint density at radius 1 is 0.814 bits per heavy atom. The summed E-state index contributed by atoms with van der Waals surface area (Å²) in [6, 6.07) is 0. The van der Waals surface area contributed by atoms with E-state index in [1.807, 2.05) is 13.0 Å². The SMILES string of the molecule is C[C@H]1O[C@@H](O[C@H]2[C@H](O[C@H]3CC[C@]4(C)C5=C[C@H](O)[C@]67C(=O)O[C@@](C)([C@H]8CCC(C)(C)O8)[C@H]6CC[C@@]7(C)[C@@H]5CCC4C3(C)C)OC[C@@H](OS(=O)(=O)[O-])[C@@H]2O)[C@H](O)[C@@H](O)[C@@H]1O.[Na+]. The second kappa shape index (κ2) is 15.4. The predicted octanol–water partition coefficient (Wildman–Crippen LogP) is -1.02. The minimum absolute atomic E-state index is 0. The average molecular weight is 867 g/mol. The number of cyclic esters (lactones) is 1. The van der Waals surface area contributed by atoms with Crippen molar-refractivity contribution in [2.24, 2.45) is 39.4 Å². The van der Waals surface area contributed by atoms with Gasteiger partial charge in [0.25, 0.3) is 0 Å². The molecule has 330 valence electrons.